The molecule has 1 amide bonds. The van der Waals surface area contributed by atoms with Crippen molar-refractivity contribution in [3.8, 4) is 11.5 Å². The fourth-order valence-electron chi connectivity index (χ4n) is 2.14. The molecule has 0 saturated carbocycles. The van der Waals surface area contributed by atoms with Crippen LogP contribution in [0.25, 0.3) is 0 Å². The third-order valence-corrected chi connectivity index (χ3v) is 3.33. The Kier molecular flexibility index (Phi) is 6.05. The van der Waals surface area contributed by atoms with E-state index < -0.39 is 4.92 Å². The molecule has 8 heteroatoms. The second-order valence-corrected chi connectivity index (χ2v) is 4.98. The quantitative estimate of drug-likeness (QED) is 0.472. The first kappa shape index (κ1) is 17.9. The fourth-order valence-corrected chi connectivity index (χ4v) is 2.14. The molecule has 0 atom stereocenters. The van der Waals surface area contributed by atoms with Gasteiger partial charge in [-0.25, -0.2) is 5.43 Å². The summed E-state index contributed by atoms with van der Waals surface area (Å²) in [6.07, 6.45) is 1.36. The molecule has 0 spiro atoms. The summed E-state index contributed by atoms with van der Waals surface area (Å²) in [6.45, 7) is 0. The molecule has 0 aromatic heterocycles. The van der Waals surface area contributed by atoms with Crippen molar-refractivity contribution >= 4 is 17.8 Å². The molecule has 2 aromatic carbocycles. The summed E-state index contributed by atoms with van der Waals surface area (Å²) >= 11 is 0. The topological polar surface area (TPSA) is 103 Å². The molecule has 0 radical (unpaired) electrons. The molecule has 0 unspecified atom stereocenters. The molecule has 2 rings (SSSR count). The molecule has 0 fully saturated rings. The van der Waals surface area contributed by atoms with E-state index in [1.165, 1.54) is 32.6 Å². The van der Waals surface area contributed by atoms with Crippen molar-refractivity contribution in [1.29, 1.82) is 0 Å². The van der Waals surface area contributed by atoms with Gasteiger partial charge in [-0.3, -0.25) is 14.9 Å². The number of nitrogens with zero attached hydrogens (tertiary/aromatic N) is 2. The van der Waals surface area contributed by atoms with E-state index in [2.05, 4.69) is 10.5 Å². The lowest BCUT2D eigenvalue weighted by Gasteiger charge is -2.08. The van der Waals surface area contributed by atoms with Gasteiger partial charge in [0.15, 0.2) is 11.5 Å². The van der Waals surface area contributed by atoms with Crippen LogP contribution in [0.4, 0.5) is 5.69 Å². The number of nitro benzene ring substituents is 1. The van der Waals surface area contributed by atoms with Crippen molar-refractivity contribution in [2.45, 2.75) is 6.42 Å². The SMILES string of the molecule is COc1cc(C=NNC(=O)Cc2ccccc2)c([N+](=O)[O-])cc1OC. The maximum atomic E-state index is 11.8. The van der Waals surface area contributed by atoms with Gasteiger partial charge < -0.3 is 9.47 Å². The maximum absolute atomic E-state index is 11.8. The van der Waals surface area contributed by atoms with Gasteiger partial charge in [0.05, 0.1) is 43.4 Å². The van der Waals surface area contributed by atoms with E-state index in [9.17, 15) is 14.9 Å². The first-order chi connectivity index (χ1) is 12.0. The third kappa shape index (κ3) is 4.77. The van der Waals surface area contributed by atoms with Gasteiger partial charge in [-0.05, 0) is 11.6 Å². The van der Waals surface area contributed by atoms with Crippen molar-refractivity contribution in [1.82, 2.24) is 5.43 Å². The third-order valence-electron chi connectivity index (χ3n) is 3.33. The Hall–Kier alpha value is -3.42. The highest BCUT2D eigenvalue weighted by atomic mass is 16.6. The molecule has 0 aliphatic rings. The minimum Gasteiger partial charge on any atom is -0.493 e. The van der Waals surface area contributed by atoms with Gasteiger partial charge in [-0.1, -0.05) is 30.3 Å². The Bertz CT molecular complexity index is 790. The van der Waals surface area contributed by atoms with E-state index in [-0.39, 0.29) is 29.3 Å². The van der Waals surface area contributed by atoms with Gasteiger partial charge in [0, 0.05) is 0 Å². The van der Waals surface area contributed by atoms with Gasteiger partial charge in [0.2, 0.25) is 5.91 Å². The molecule has 0 heterocycles. The van der Waals surface area contributed by atoms with Crippen LogP contribution in [-0.4, -0.2) is 31.3 Å². The molecule has 0 saturated heterocycles. The lowest BCUT2D eigenvalue weighted by molar-refractivity contribution is -0.385. The average molecular weight is 343 g/mol. The summed E-state index contributed by atoms with van der Waals surface area (Å²) < 4.78 is 10.2. The number of hydrogen-bond donors (Lipinski definition) is 1. The van der Waals surface area contributed by atoms with Crippen LogP contribution in [0, 0.1) is 10.1 Å². The highest BCUT2D eigenvalue weighted by Crippen LogP contribution is 2.33. The Morgan fingerprint density at radius 3 is 2.44 bits per heavy atom. The second kappa shape index (κ2) is 8.44. The van der Waals surface area contributed by atoms with E-state index in [1.807, 2.05) is 30.3 Å². The lowest BCUT2D eigenvalue weighted by Crippen LogP contribution is -2.19. The largest absolute Gasteiger partial charge is 0.493 e. The monoisotopic (exact) mass is 343 g/mol. The number of nitrogens with one attached hydrogen (secondary N) is 1. The highest BCUT2D eigenvalue weighted by molar-refractivity contribution is 5.88. The molecule has 0 aliphatic carbocycles. The number of carbonyl (C=O) groups is 1. The molecule has 25 heavy (non-hydrogen) atoms. The minimum absolute atomic E-state index is 0.159. The smallest absolute Gasteiger partial charge is 0.282 e. The zero-order valence-corrected chi connectivity index (χ0v) is 13.8. The van der Waals surface area contributed by atoms with Gasteiger partial charge in [0.1, 0.15) is 0 Å². The van der Waals surface area contributed by atoms with E-state index >= 15 is 0 Å². The van der Waals surface area contributed by atoms with Gasteiger partial charge in [-0.15, -0.1) is 0 Å². The predicted molar refractivity (Wildman–Crippen MR) is 92.1 cm³/mol. The number of carbonyl (C=O) groups excluding carboxylic acids is 1. The van der Waals surface area contributed by atoms with Crippen molar-refractivity contribution < 1.29 is 19.2 Å². The number of hydrogen-bond acceptors (Lipinski definition) is 6. The van der Waals surface area contributed by atoms with Gasteiger partial charge in [-0.2, -0.15) is 5.10 Å². The zero-order valence-electron chi connectivity index (χ0n) is 13.8. The fraction of sp³-hybridized carbons (Fsp3) is 0.176. The molecule has 8 nitrogen and oxygen atoms in total. The highest BCUT2D eigenvalue weighted by Gasteiger charge is 2.18. The predicted octanol–water partition coefficient (Wildman–Crippen LogP) is 2.30. The molecule has 0 aliphatic heterocycles. The summed E-state index contributed by atoms with van der Waals surface area (Å²) in [5, 5.41) is 15.0. The lowest BCUT2D eigenvalue weighted by atomic mass is 10.1. The maximum Gasteiger partial charge on any atom is 0.282 e. The van der Waals surface area contributed by atoms with Crippen LogP contribution in [0.15, 0.2) is 47.6 Å². The molecule has 1 N–H and O–H groups in total. The minimum atomic E-state index is -0.560. The summed E-state index contributed by atoms with van der Waals surface area (Å²) in [4.78, 5) is 22.5. The Morgan fingerprint density at radius 1 is 1.20 bits per heavy atom. The number of nitro groups is 1. The van der Waals surface area contributed by atoms with Crippen molar-refractivity contribution in [3.63, 3.8) is 0 Å². The summed E-state index contributed by atoms with van der Waals surface area (Å²) in [5.41, 5.74) is 3.16. The van der Waals surface area contributed by atoms with E-state index in [1.54, 1.807) is 0 Å². The molecular weight excluding hydrogens is 326 g/mol. The van der Waals surface area contributed by atoms with E-state index in [0.29, 0.717) is 5.75 Å². The Morgan fingerprint density at radius 2 is 1.84 bits per heavy atom. The number of ether oxygens (including phenoxy) is 2. The number of rotatable bonds is 7. The van der Waals surface area contributed by atoms with Crippen LogP contribution >= 0.6 is 0 Å². The summed E-state index contributed by atoms with van der Waals surface area (Å²) in [5.74, 6) is 0.232. The van der Waals surface area contributed by atoms with Gasteiger partial charge >= 0.3 is 0 Å². The second-order valence-electron chi connectivity index (χ2n) is 4.98. The molecule has 0 bridgehead atoms. The van der Waals surface area contributed by atoms with Crippen molar-refractivity contribution in [2.75, 3.05) is 14.2 Å². The van der Waals surface area contributed by atoms with Crippen LogP contribution in [0.2, 0.25) is 0 Å². The van der Waals surface area contributed by atoms with Crippen LogP contribution in [0.5, 0.6) is 11.5 Å². The molecular formula is C17H17N3O5. The molecule has 2 aromatic rings. The Balaban J connectivity index is 2.14. The standard InChI is InChI=1S/C17H17N3O5/c1-24-15-9-13(14(20(22)23)10-16(15)25-2)11-18-19-17(21)8-12-6-4-3-5-7-12/h3-7,9-11H,8H2,1-2H3,(H,19,21). The Labute approximate surface area is 144 Å². The first-order valence-electron chi connectivity index (χ1n) is 7.31. The van der Waals surface area contributed by atoms with Gasteiger partial charge in [0.25, 0.3) is 5.69 Å². The van der Waals surface area contributed by atoms with E-state index in [4.69, 9.17) is 9.47 Å². The van der Waals surface area contributed by atoms with Crippen molar-refractivity contribution in [2.24, 2.45) is 5.10 Å². The number of hydrazone groups is 1. The average Bonchev–Trinajstić information content (AvgIpc) is 2.61. The van der Waals surface area contributed by atoms with Crippen LogP contribution < -0.4 is 14.9 Å². The normalized spacial score (nSPS) is 10.5. The van der Waals surface area contributed by atoms with Crippen LogP contribution in [-0.2, 0) is 11.2 Å². The first-order valence-corrected chi connectivity index (χ1v) is 7.31. The number of amides is 1. The van der Waals surface area contributed by atoms with Crippen LogP contribution in [0.1, 0.15) is 11.1 Å². The number of benzene rings is 2. The van der Waals surface area contributed by atoms with E-state index in [0.717, 1.165) is 5.56 Å². The summed E-state index contributed by atoms with van der Waals surface area (Å²) in [6, 6.07) is 11.8. The van der Waals surface area contributed by atoms with Crippen LogP contribution in [0.3, 0.4) is 0 Å². The zero-order chi connectivity index (χ0) is 18.2. The molecule has 130 valence electrons. The summed E-state index contributed by atoms with van der Waals surface area (Å²) in [7, 11) is 2.81. The number of methoxy groups -OCH3 is 2. The van der Waals surface area contributed by atoms with Crippen molar-refractivity contribution in [3.05, 3.63) is 63.7 Å².